The van der Waals surface area contributed by atoms with E-state index in [0.29, 0.717) is 24.0 Å². The van der Waals surface area contributed by atoms with E-state index in [-0.39, 0.29) is 5.91 Å². The third-order valence-corrected chi connectivity index (χ3v) is 4.61. The number of carbonyl (C=O) groups excluding carboxylic acids is 1. The van der Waals surface area contributed by atoms with Crippen LogP contribution in [0.4, 0.5) is 0 Å². The fraction of sp³-hybridized carbons (Fsp3) is 0.312. The van der Waals surface area contributed by atoms with Crippen LogP contribution in [0.5, 0.6) is 0 Å². The minimum absolute atomic E-state index is 0.0704. The van der Waals surface area contributed by atoms with E-state index >= 15 is 0 Å². The molecule has 6 heteroatoms. The summed E-state index contributed by atoms with van der Waals surface area (Å²) >= 11 is 3.03. The Morgan fingerprint density at radius 1 is 1.41 bits per heavy atom. The number of hydrogen-bond donors (Lipinski definition) is 0. The molecule has 0 atom stereocenters. The summed E-state index contributed by atoms with van der Waals surface area (Å²) in [5.41, 5.74) is 1.84. The maximum absolute atomic E-state index is 12.4. The molecule has 1 amide bonds. The standard InChI is InChI=1S/C16H19N3OS2/c1-4-7-19(10-14-6-5-8-21-14)15(20)11-22-16-17-12(2)9-13(3)18-16/h4-6,8-9H,1,7,10-11H2,2-3H3. The highest BCUT2D eigenvalue weighted by molar-refractivity contribution is 7.99. The van der Waals surface area contributed by atoms with E-state index in [0.717, 1.165) is 11.4 Å². The van der Waals surface area contributed by atoms with E-state index in [4.69, 9.17) is 0 Å². The minimum Gasteiger partial charge on any atom is -0.333 e. The molecule has 0 radical (unpaired) electrons. The predicted octanol–water partition coefficient (Wildman–Crippen LogP) is 3.46. The van der Waals surface area contributed by atoms with Gasteiger partial charge in [-0.05, 0) is 31.4 Å². The highest BCUT2D eigenvalue weighted by atomic mass is 32.2. The van der Waals surface area contributed by atoms with E-state index in [1.807, 2.05) is 37.4 Å². The average Bonchev–Trinajstić information content (AvgIpc) is 2.96. The maximum Gasteiger partial charge on any atom is 0.233 e. The Kier molecular flexibility index (Phi) is 6.15. The molecule has 0 spiro atoms. The first-order chi connectivity index (χ1) is 10.6. The molecule has 0 aliphatic heterocycles. The molecule has 116 valence electrons. The highest BCUT2D eigenvalue weighted by Crippen LogP contribution is 2.17. The number of amides is 1. The van der Waals surface area contributed by atoms with E-state index in [1.165, 1.54) is 16.6 Å². The van der Waals surface area contributed by atoms with Crippen LogP contribution in [0.3, 0.4) is 0 Å². The number of rotatable bonds is 7. The summed E-state index contributed by atoms with van der Waals surface area (Å²) in [6.07, 6.45) is 1.75. The van der Waals surface area contributed by atoms with Crippen LogP contribution >= 0.6 is 23.1 Å². The Hall–Kier alpha value is -1.66. The van der Waals surface area contributed by atoms with Gasteiger partial charge >= 0.3 is 0 Å². The van der Waals surface area contributed by atoms with Crippen molar-refractivity contribution in [2.75, 3.05) is 12.3 Å². The van der Waals surface area contributed by atoms with Crippen molar-refractivity contribution in [1.82, 2.24) is 14.9 Å². The Bertz CT molecular complexity index is 621. The number of nitrogens with zero attached hydrogens (tertiary/aromatic N) is 3. The molecule has 2 heterocycles. The molecule has 2 aromatic rings. The SMILES string of the molecule is C=CCN(Cc1cccs1)C(=O)CSc1nc(C)cc(C)n1. The van der Waals surface area contributed by atoms with Crippen LogP contribution in [0, 0.1) is 13.8 Å². The van der Waals surface area contributed by atoms with Gasteiger partial charge in [0.05, 0.1) is 12.3 Å². The lowest BCUT2D eigenvalue weighted by Gasteiger charge is -2.20. The van der Waals surface area contributed by atoms with Crippen molar-refractivity contribution in [2.24, 2.45) is 0 Å². The van der Waals surface area contributed by atoms with Gasteiger partial charge in [0.15, 0.2) is 5.16 Å². The first kappa shape index (κ1) is 16.7. The molecule has 0 N–H and O–H groups in total. The second-order valence-electron chi connectivity index (χ2n) is 4.86. The lowest BCUT2D eigenvalue weighted by atomic mass is 10.4. The van der Waals surface area contributed by atoms with Crippen molar-refractivity contribution < 1.29 is 4.79 Å². The maximum atomic E-state index is 12.4. The van der Waals surface area contributed by atoms with Crippen LogP contribution in [0.1, 0.15) is 16.3 Å². The molecular weight excluding hydrogens is 314 g/mol. The smallest absolute Gasteiger partial charge is 0.233 e. The first-order valence-electron chi connectivity index (χ1n) is 6.94. The number of aryl methyl sites for hydroxylation is 2. The van der Waals surface area contributed by atoms with Crippen molar-refractivity contribution in [3.63, 3.8) is 0 Å². The normalized spacial score (nSPS) is 10.5. The zero-order valence-corrected chi connectivity index (χ0v) is 14.4. The third kappa shape index (κ3) is 4.96. The number of carbonyl (C=O) groups is 1. The van der Waals surface area contributed by atoms with Gasteiger partial charge in [-0.25, -0.2) is 9.97 Å². The van der Waals surface area contributed by atoms with Crippen LogP contribution in [0.15, 0.2) is 41.4 Å². The van der Waals surface area contributed by atoms with Crippen molar-refractivity contribution in [1.29, 1.82) is 0 Å². The summed E-state index contributed by atoms with van der Waals surface area (Å²) in [6.45, 7) is 8.76. The van der Waals surface area contributed by atoms with E-state index in [1.54, 1.807) is 22.3 Å². The van der Waals surface area contributed by atoms with Crippen molar-refractivity contribution in [3.05, 3.63) is 52.5 Å². The van der Waals surface area contributed by atoms with Gasteiger partial charge in [-0.2, -0.15) is 0 Å². The van der Waals surface area contributed by atoms with Crippen molar-refractivity contribution in [2.45, 2.75) is 25.5 Å². The van der Waals surface area contributed by atoms with Gasteiger partial charge in [-0.3, -0.25) is 4.79 Å². The number of thioether (sulfide) groups is 1. The molecule has 0 aromatic carbocycles. The zero-order valence-electron chi connectivity index (χ0n) is 12.8. The molecule has 2 aromatic heterocycles. The molecule has 0 bridgehead atoms. The van der Waals surface area contributed by atoms with Gasteiger partial charge < -0.3 is 4.90 Å². The molecule has 22 heavy (non-hydrogen) atoms. The Morgan fingerprint density at radius 2 is 2.14 bits per heavy atom. The molecule has 0 unspecified atom stereocenters. The summed E-state index contributed by atoms with van der Waals surface area (Å²) in [7, 11) is 0. The molecule has 0 aliphatic rings. The predicted molar refractivity (Wildman–Crippen MR) is 92.2 cm³/mol. The van der Waals surface area contributed by atoms with Crippen LogP contribution in [-0.2, 0) is 11.3 Å². The first-order valence-corrected chi connectivity index (χ1v) is 8.81. The number of hydrogen-bond acceptors (Lipinski definition) is 5. The summed E-state index contributed by atoms with van der Waals surface area (Å²) < 4.78 is 0. The monoisotopic (exact) mass is 333 g/mol. The molecule has 0 saturated heterocycles. The van der Waals surface area contributed by atoms with Crippen molar-refractivity contribution in [3.8, 4) is 0 Å². The highest BCUT2D eigenvalue weighted by Gasteiger charge is 2.14. The average molecular weight is 333 g/mol. The second kappa shape index (κ2) is 8.10. The largest absolute Gasteiger partial charge is 0.333 e. The van der Waals surface area contributed by atoms with Gasteiger partial charge in [0.1, 0.15) is 0 Å². The van der Waals surface area contributed by atoms with E-state index < -0.39 is 0 Å². The third-order valence-electron chi connectivity index (χ3n) is 2.92. The molecule has 4 nitrogen and oxygen atoms in total. The Balaban J connectivity index is 1.97. The fourth-order valence-corrected chi connectivity index (χ4v) is 3.55. The van der Waals surface area contributed by atoms with Gasteiger partial charge in [-0.15, -0.1) is 17.9 Å². The van der Waals surface area contributed by atoms with Gasteiger partial charge in [-0.1, -0.05) is 23.9 Å². The summed E-state index contributed by atoms with van der Waals surface area (Å²) in [5, 5.41) is 2.67. The lowest BCUT2D eigenvalue weighted by molar-refractivity contribution is -0.128. The van der Waals surface area contributed by atoms with Crippen LogP contribution in [0.25, 0.3) is 0 Å². The Labute approximate surface area is 139 Å². The van der Waals surface area contributed by atoms with Crippen LogP contribution < -0.4 is 0 Å². The lowest BCUT2D eigenvalue weighted by Crippen LogP contribution is -2.31. The van der Waals surface area contributed by atoms with Crippen LogP contribution in [0.2, 0.25) is 0 Å². The topological polar surface area (TPSA) is 46.1 Å². The molecule has 0 fully saturated rings. The van der Waals surface area contributed by atoms with Gasteiger partial charge in [0.25, 0.3) is 0 Å². The minimum atomic E-state index is 0.0704. The second-order valence-corrected chi connectivity index (χ2v) is 6.84. The fourth-order valence-electron chi connectivity index (χ4n) is 1.98. The summed E-state index contributed by atoms with van der Waals surface area (Å²) in [4.78, 5) is 24.1. The molecular formula is C16H19N3OS2. The summed E-state index contributed by atoms with van der Waals surface area (Å²) in [5.74, 6) is 0.406. The molecule has 2 rings (SSSR count). The quantitative estimate of drug-likeness (QED) is 0.442. The summed E-state index contributed by atoms with van der Waals surface area (Å²) in [6, 6.07) is 5.95. The molecule has 0 saturated carbocycles. The number of thiophene rings is 1. The van der Waals surface area contributed by atoms with Crippen molar-refractivity contribution >= 4 is 29.0 Å². The Morgan fingerprint density at radius 3 is 2.73 bits per heavy atom. The van der Waals surface area contributed by atoms with Gasteiger partial charge in [0.2, 0.25) is 5.91 Å². The molecule has 0 aliphatic carbocycles. The van der Waals surface area contributed by atoms with E-state index in [9.17, 15) is 4.79 Å². The van der Waals surface area contributed by atoms with Gasteiger partial charge in [0, 0.05) is 22.8 Å². The zero-order chi connectivity index (χ0) is 15.9. The number of aromatic nitrogens is 2. The van der Waals surface area contributed by atoms with Crippen LogP contribution in [-0.4, -0.2) is 33.1 Å². The van der Waals surface area contributed by atoms with E-state index in [2.05, 4.69) is 16.5 Å².